The average Bonchev–Trinajstić information content (AvgIpc) is 3.44. The summed E-state index contributed by atoms with van der Waals surface area (Å²) in [6.07, 6.45) is 2.80. The minimum absolute atomic E-state index is 0.0747. The van der Waals surface area contributed by atoms with Gasteiger partial charge in [-0.15, -0.1) is 10.2 Å². The van der Waals surface area contributed by atoms with Gasteiger partial charge in [0.15, 0.2) is 6.21 Å². The molecule has 3 heterocycles. The molecule has 1 fully saturated rings. The standard InChI is InChI=1S/C31H36F2N8O4S/c1-17(2)41-18(3)14-40(15-19(41)4)16-29-37-38-30(45-29)23-8-20(9-26(35)24(23)12-34)21-10-27(31(44-5)36-13-21)39-46(42,43)28-7-6-22(32)11-25(28)33/h6-13,17-19,34,39H,14-16,35H2,1-5H3/p+1. The van der Waals surface area contributed by atoms with Gasteiger partial charge in [0, 0.05) is 54.7 Å². The molecule has 0 spiro atoms. The molecule has 5 rings (SSSR count). The van der Waals surface area contributed by atoms with Gasteiger partial charge in [-0.3, -0.25) is 19.9 Å². The molecule has 4 aromatic rings. The summed E-state index contributed by atoms with van der Waals surface area (Å²) >= 11 is 0. The van der Waals surface area contributed by atoms with Crippen LogP contribution in [0.2, 0.25) is 0 Å². The number of nitrogens with two attached hydrogens (primary N) is 2. The van der Waals surface area contributed by atoms with Gasteiger partial charge in [-0.1, -0.05) is 0 Å². The highest BCUT2D eigenvalue weighted by atomic mass is 32.2. The summed E-state index contributed by atoms with van der Waals surface area (Å²) in [4.78, 5) is 8.27. The maximum Gasteiger partial charge on any atom is 0.264 e. The largest absolute Gasteiger partial charge is 0.480 e. The third kappa shape index (κ3) is 6.71. The first-order valence-corrected chi connectivity index (χ1v) is 16.1. The zero-order valence-electron chi connectivity index (χ0n) is 26.2. The number of benzene rings is 2. The van der Waals surface area contributed by atoms with Crippen LogP contribution in [0.1, 0.15) is 39.1 Å². The number of methoxy groups -OCH3 is 1. The van der Waals surface area contributed by atoms with Crippen LogP contribution < -0.4 is 20.6 Å². The molecule has 0 saturated carbocycles. The third-order valence-corrected chi connectivity index (χ3v) is 9.30. The number of sulfonamides is 1. The molecule has 12 nitrogen and oxygen atoms in total. The van der Waals surface area contributed by atoms with E-state index in [-0.39, 0.29) is 17.5 Å². The van der Waals surface area contributed by atoms with E-state index in [1.165, 1.54) is 25.6 Å². The van der Waals surface area contributed by atoms with E-state index >= 15 is 0 Å². The van der Waals surface area contributed by atoms with Crippen molar-refractivity contribution < 1.29 is 31.8 Å². The Morgan fingerprint density at radius 2 is 1.85 bits per heavy atom. The van der Waals surface area contributed by atoms with Crippen LogP contribution in [-0.2, 0) is 16.6 Å². The Morgan fingerprint density at radius 3 is 2.48 bits per heavy atom. The molecule has 2 unspecified atom stereocenters. The Hall–Kier alpha value is -4.47. The van der Waals surface area contributed by atoms with Crippen LogP contribution in [0.25, 0.3) is 22.6 Å². The minimum Gasteiger partial charge on any atom is -0.480 e. The Morgan fingerprint density at radius 1 is 1.13 bits per heavy atom. The summed E-state index contributed by atoms with van der Waals surface area (Å²) in [5, 5.41) is 14.5. The van der Waals surface area contributed by atoms with Crippen molar-refractivity contribution in [2.75, 3.05) is 30.7 Å². The maximum absolute atomic E-state index is 14.4. The van der Waals surface area contributed by atoms with Gasteiger partial charge in [0.2, 0.25) is 17.7 Å². The number of aromatic nitrogens is 3. The van der Waals surface area contributed by atoms with Crippen molar-refractivity contribution in [1.29, 1.82) is 0 Å². The molecular weight excluding hydrogens is 618 g/mol. The fourth-order valence-corrected chi connectivity index (χ4v) is 7.26. The summed E-state index contributed by atoms with van der Waals surface area (Å²) < 4.78 is 67.4. The zero-order chi connectivity index (χ0) is 33.3. The lowest BCUT2D eigenvalue weighted by Gasteiger charge is -2.46. The smallest absolute Gasteiger partial charge is 0.264 e. The SMILES string of the molecule is COc1ncc(-c2cc(N)c(C=[NH2+])c(-c3nnc(CN4CC(C)N(C(C)C)C(C)C4)o3)c2)cc1NS(=O)(=O)c1ccc(F)cc1F. The molecule has 244 valence electrons. The van der Waals surface area contributed by atoms with Crippen molar-refractivity contribution in [2.45, 2.75) is 57.3 Å². The van der Waals surface area contributed by atoms with Gasteiger partial charge < -0.3 is 14.9 Å². The van der Waals surface area contributed by atoms with Crippen molar-refractivity contribution >= 4 is 27.6 Å². The first kappa shape index (κ1) is 32.9. The molecule has 1 aliphatic heterocycles. The van der Waals surface area contributed by atoms with E-state index in [2.05, 4.69) is 57.4 Å². The van der Waals surface area contributed by atoms with Gasteiger partial charge in [-0.2, -0.15) is 0 Å². The molecule has 1 saturated heterocycles. The number of nitrogen functional groups attached to an aromatic ring is 1. The van der Waals surface area contributed by atoms with Gasteiger partial charge in [0.1, 0.15) is 22.2 Å². The van der Waals surface area contributed by atoms with Crippen molar-refractivity contribution in [3.05, 3.63) is 65.7 Å². The van der Waals surface area contributed by atoms with Crippen LogP contribution in [-0.4, -0.2) is 77.9 Å². The lowest BCUT2D eigenvalue weighted by Crippen LogP contribution is -2.58. The molecule has 2 aromatic heterocycles. The highest BCUT2D eigenvalue weighted by molar-refractivity contribution is 7.92. The van der Waals surface area contributed by atoms with Crippen LogP contribution in [0, 0.1) is 11.6 Å². The molecule has 0 aliphatic carbocycles. The third-order valence-electron chi connectivity index (χ3n) is 7.90. The number of rotatable bonds is 10. The number of hydrogen-bond donors (Lipinski definition) is 3. The van der Waals surface area contributed by atoms with Crippen molar-refractivity contribution in [3.8, 4) is 28.5 Å². The Labute approximate surface area is 266 Å². The molecule has 1 aliphatic rings. The molecule has 2 atom stereocenters. The number of ether oxygens (including phenoxy) is 1. The second-order valence-corrected chi connectivity index (χ2v) is 13.2. The normalized spacial score (nSPS) is 17.7. The van der Waals surface area contributed by atoms with Gasteiger partial charge >= 0.3 is 0 Å². The number of hydrogen-bond acceptors (Lipinski definition) is 10. The van der Waals surface area contributed by atoms with E-state index in [4.69, 9.17) is 20.3 Å². The molecule has 15 heteroatoms. The quantitative estimate of drug-likeness (QED) is 0.171. The van der Waals surface area contributed by atoms with Gasteiger partial charge in [0.05, 0.1) is 24.8 Å². The summed E-state index contributed by atoms with van der Waals surface area (Å²) in [5.41, 5.74) is 8.50. The zero-order valence-corrected chi connectivity index (χ0v) is 27.0. The monoisotopic (exact) mass is 655 g/mol. The topological polar surface area (TPSA) is 165 Å². The highest BCUT2D eigenvalue weighted by Crippen LogP contribution is 2.35. The van der Waals surface area contributed by atoms with Crippen LogP contribution in [0.4, 0.5) is 20.2 Å². The number of halogens is 2. The van der Waals surface area contributed by atoms with Crippen LogP contribution in [0.3, 0.4) is 0 Å². The number of anilines is 2. The van der Waals surface area contributed by atoms with Crippen LogP contribution >= 0.6 is 0 Å². The molecule has 0 radical (unpaired) electrons. The average molecular weight is 656 g/mol. The molecule has 0 amide bonds. The van der Waals surface area contributed by atoms with Gasteiger partial charge in [-0.05, 0) is 63.6 Å². The molecular formula is C31H37F2N8O4S+. The van der Waals surface area contributed by atoms with Crippen molar-refractivity contribution in [2.24, 2.45) is 0 Å². The van der Waals surface area contributed by atoms with E-state index in [0.717, 1.165) is 25.2 Å². The fourth-order valence-electron chi connectivity index (χ4n) is 6.15. The predicted molar refractivity (Wildman–Crippen MR) is 169 cm³/mol. The van der Waals surface area contributed by atoms with Gasteiger partial charge in [0.25, 0.3) is 10.0 Å². The number of piperazine rings is 1. The molecule has 2 aromatic carbocycles. The molecule has 5 N–H and O–H groups in total. The fraction of sp³-hybridized carbons (Fsp3) is 0.355. The number of nitrogens with zero attached hydrogens (tertiary/aromatic N) is 5. The van der Waals surface area contributed by atoms with E-state index < -0.39 is 26.6 Å². The lowest BCUT2D eigenvalue weighted by atomic mass is 9.98. The second kappa shape index (κ2) is 13.1. The van der Waals surface area contributed by atoms with Crippen molar-refractivity contribution in [3.63, 3.8) is 0 Å². The van der Waals surface area contributed by atoms with E-state index in [1.807, 2.05) is 0 Å². The lowest BCUT2D eigenvalue weighted by molar-refractivity contribution is -0.104. The summed E-state index contributed by atoms with van der Waals surface area (Å²) in [6, 6.07) is 8.15. The molecule has 46 heavy (non-hydrogen) atoms. The number of pyridine rings is 1. The Kier molecular flexibility index (Phi) is 9.37. The Balaban J connectivity index is 1.45. The van der Waals surface area contributed by atoms with E-state index in [1.54, 1.807) is 12.1 Å². The summed E-state index contributed by atoms with van der Waals surface area (Å²) in [6.45, 7) is 11.0. The maximum atomic E-state index is 14.4. The highest BCUT2D eigenvalue weighted by Gasteiger charge is 2.32. The molecule has 0 bridgehead atoms. The van der Waals surface area contributed by atoms with Crippen LogP contribution in [0.5, 0.6) is 5.88 Å². The summed E-state index contributed by atoms with van der Waals surface area (Å²) in [5.74, 6) is -1.59. The predicted octanol–water partition coefficient (Wildman–Crippen LogP) is 2.95. The first-order chi connectivity index (χ1) is 21.8. The number of nitrogens with one attached hydrogen (secondary N) is 1. The summed E-state index contributed by atoms with van der Waals surface area (Å²) in [7, 11) is -3.18. The van der Waals surface area contributed by atoms with Crippen molar-refractivity contribution in [1.82, 2.24) is 25.0 Å². The van der Waals surface area contributed by atoms with Gasteiger partial charge in [-0.25, -0.2) is 22.2 Å². The van der Waals surface area contributed by atoms with E-state index in [0.29, 0.717) is 64.6 Å². The second-order valence-electron chi connectivity index (χ2n) is 11.6. The first-order valence-electron chi connectivity index (χ1n) is 14.6. The Bertz CT molecular complexity index is 1860. The van der Waals surface area contributed by atoms with Crippen LogP contribution in [0.15, 0.2) is 51.9 Å². The minimum atomic E-state index is -4.48. The van der Waals surface area contributed by atoms with E-state index in [9.17, 15) is 17.2 Å².